The van der Waals surface area contributed by atoms with Crippen molar-refractivity contribution in [1.82, 2.24) is 0 Å². The second-order valence-electron chi connectivity index (χ2n) is 2.85. The van der Waals surface area contributed by atoms with Crippen LogP contribution in [-0.4, -0.2) is 17.7 Å². The van der Waals surface area contributed by atoms with Crippen molar-refractivity contribution in [3.05, 3.63) is 29.1 Å². The fourth-order valence-corrected chi connectivity index (χ4v) is 0.931. The third-order valence-corrected chi connectivity index (χ3v) is 1.70. The van der Waals surface area contributed by atoms with Crippen LogP contribution < -0.4 is 4.74 Å². The molecule has 3 nitrogen and oxygen atoms in total. The van der Waals surface area contributed by atoms with Crippen molar-refractivity contribution in [2.45, 2.75) is 6.42 Å². The summed E-state index contributed by atoms with van der Waals surface area (Å²) in [5, 5.41) is 8.31. The lowest BCUT2D eigenvalue weighted by atomic mass is 10.2. The molecule has 1 aromatic carbocycles. The van der Waals surface area contributed by atoms with Gasteiger partial charge in [0.25, 0.3) is 0 Å². The summed E-state index contributed by atoms with van der Waals surface area (Å²) in [6.07, 6.45) is -0.639. The minimum atomic E-state index is -2.35. The van der Waals surface area contributed by atoms with Crippen LogP contribution in [0.5, 0.6) is 5.75 Å². The summed E-state index contributed by atoms with van der Waals surface area (Å²) in [4.78, 5) is 10.8. The molecule has 0 spiro atoms. The van der Waals surface area contributed by atoms with Crippen molar-refractivity contribution >= 4 is 5.97 Å². The van der Waals surface area contributed by atoms with Crippen LogP contribution in [0.25, 0.3) is 0 Å². The van der Waals surface area contributed by atoms with E-state index >= 15 is 0 Å². The smallest absolute Gasteiger partial charge is 0.313 e. The Morgan fingerprint density at radius 1 is 0.941 bits per heavy atom. The number of ether oxygens (including phenoxy) is 1. The van der Waals surface area contributed by atoms with Gasteiger partial charge in [-0.3, -0.25) is 4.79 Å². The summed E-state index contributed by atoms with van der Waals surface area (Å²) >= 11 is 0. The maximum absolute atomic E-state index is 12.9. The van der Waals surface area contributed by atoms with E-state index in [1.807, 2.05) is 0 Å². The first-order valence-corrected chi connectivity index (χ1v) is 4.23. The first kappa shape index (κ1) is 13.4. The fourth-order valence-electron chi connectivity index (χ4n) is 0.931. The fraction of sp³-hybridized carbons (Fsp3) is 0.222. The van der Waals surface area contributed by atoms with Crippen molar-refractivity contribution in [3.63, 3.8) is 0 Å². The molecule has 1 N–H and O–H groups in total. The monoisotopic (exact) mass is 256 g/mol. The molecule has 0 aliphatic carbocycles. The first-order chi connectivity index (χ1) is 7.90. The van der Waals surface area contributed by atoms with Crippen molar-refractivity contribution in [2.24, 2.45) is 0 Å². The Hall–Kier alpha value is -1.70. The van der Waals surface area contributed by atoms with Crippen LogP contribution in [0.15, 0.2) is 0 Å². The topological polar surface area (TPSA) is 46.5 Å². The van der Waals surface area contributed by atoms with Gasteiger partial charge in [0.1, 0.15) is 0 Å². The Labute approximate surface area is 91.4 Å². The summed E-state index contributed by atoms with van der Waals surface area (Å²) in [6.45, 7) is -0.686. The molecule has 8 heteroatoms. The number of carbonyl (C=O) groups excluding carboxylic acids is 1. The molecule has 0 atom stereocenters. The van der Waals surface area contributed by atoms with Crippen LogP contribution in [0, 0.1) is 29.1 Å². The van der Waals surface area contributed by atoms with Gasteiger partial charge in [0.2, 0.25) is 34.8 Å². The second-order valence-corrected chi connectivity index (χ2v) is 2.85. The Kier molecular flexibility index (Phi) is 4.00. The van der Waals surface area contributed by atoms with Crippen LogP contribution in [0.2, 0.25) is 0 Å². The highest BCUT2D eigenvalue weighted by atomic mass is 19.2. The molecule has 94 valence electrons. The van der Waals surface area contributed by atoms with Gasteiger partial charge in [-0.15, -0.1) is 0 Å². The largest absolute Gasteiger partial charge is 0.420 e. The van der Waals surface area contributed by atoms with E-state index in [0.29, 0.717) is 0 Å². The molecular weight excluding hydrogens is 251 g/mol. The zero-order chi connectivity index (χ0) is 13.2. The van der Waals surface area contributed by atoms with E-state index in [-0.39, 0.29) is 0 Å². The van der Waals surface area contributed by atoms with Gasteiger partial charge in [0.15, 0.2) is 0 Å². The van der Waals surface area contributed by atoms with E-state index in [1.54, 1.807) is 0 Å². The number of hydrogen-bond donors (Lipinski definition) is 1. The van der Waals surface area contributed by atoms with E-state index in [2.05, 4.69) is 4.74 Å². The van der Waals surface area contributed by atoms with Gasteiger partial charge in [-0.2, -0.15) is 8.78 Å². The van der Waals surface area contributed by atoms with E-state index < -0.39 is 53.8 Å². The normalized spacial score (nSPS) is 10.5. The molecule has 0 heterocycles. The molecule has 0 fully saturated rings. The third-order valence-electron chi connectivity index (χ3n) is 1.70. The average Bonchev–Trinajstić information content (AvgIpc) is 2.30. The van der Waals surface area contributed by atoms with Crippen LogP contribution in [0.1, 0.15) is 6.42 Å². The Bertz CT molecular complexity index is 431. The minimum absolute atomic E-state index is 0.639. The maximum Gasteiger partial charge on any atom is 0.313 e. The van der Waals surface area contributed by atoms with Crippen LogP contribution in [0.4, 0.5) is 22.0 Å². The molecule has 0 aliphatic heterocycles. The van der Waals surface area contributed by atoms with Crippen LogP contribution >= 0.6 is 0 Å². The lowest BCUT2D eigenvalue weighted by Gasteiger charge is -2.07. The minimum Gasteiger partial charge on any atom is -0.420 e. The summed E-state index contributed by atoms with van der Waals surface area (Å²) < 4.78 is 67.7. The molecule has 0 amide bonds. The van der Waals surface area contributed by atoms with Gasteiger partial charge >= 0.3 is 5.97 Å². The van der Waals surface area contributed by atoms with Gasteiger partial charge in [-0.1, -0.05) is 0 Å². The predicted molar refractivity (Wildman–Crippen MR) is 43.6 cm³/mol. The van der Waals surface area contributed by atoms with Crippen molar-refractivity contribution in [3.8, 4) is 5.75 Å². The number of rotatable bonds is 3. The predicted octanol–water partition coefficient (Wildman–Crippen LogP) is 1.67. The summed E-state index contributed by atoms with van der Waals surface area (Å²) in [7, 11) is 0. The zero-order valence-electron chi connectivity index (χ0n) is 8.07. The van der Waals surface area contributed by atoms with Gasteiger partial charge in [-0.05, 0) is 0 Å². The van der Waals surface area contributed by atoms with Crippen LogP contribution in [-0.2, 0) is 4.79 Å². The standard InChI is InChI=1S/C9H5F5O3/c10-4-5(11)7(13)9(8(14)6(4)12)17-3(16)1-2-15/h15H,1-2H2. The van der Waals surface area contributed by atoms with E-state index in [0.717, 1.165) is 0 Å². The van der Waals surface area contributed by atoms with Gasteiger partial charge in [0.05, 0.1) is 13.0 Å². The molecule has 0 radical (unpaired) electrons. The van der Waals surface area contributed by atoms with E-state index in [9.17, 15) is 26.7 Å². The van der Waals surface area contributed by atoms with E-state index in [4.69, 9.17) is 5.11 Å². The lowest BCUT2D eigenvalue weighted by molar-refractivity contribution is -0.135. The lowest BCUT2D eigenvalue weighted by Crippen LogP contribution is -2.14. The Morgan fingerprint density at radius 2 is 1.35 bits per heavy atom. The van der Waals surface area contributed by atoms with Gasteiger partial charge < -0.3 is 9.84 Å². The number of hydrogen-bond acceptors (Lipinski definition) is 3. The van der Waals surface area contributed by atoms with Gasteiger partial charge in [0, 0.05) is 0 Å². The molecule has 0 saturated carbocycles. The number of esters is 1. The van der Waals surface area contributed by atoms with E-state index in [1.165, 1.54) is 0 Å². The first-order valence-electron chi connectivity index (χ1n) is 4.23. The Morgan fingerprint density at radius 3 is 1.76 bits per heavy atom. The number of halogens is 5. The molecule has 0 bridgehead atoms. The molecule has 1 aromatic rings. The van der Waals surface area contributed by atoms with Gasteiger partial charge in [-0.25, -0.2) is 13.2 Å². The summed E-state index contributed by atoms with van der Waals surface area (Å²) in [5.74, 6) is -14.3. The van der Waals surface area contributed by atoms with Crippen molar-refractivity contribution in [1.29, 1.82) is 0 Å². The van der Waals surface area contributed by atoms with Crippen molar-refractivity contribution < 1.29 is 36.6 Å². The van der Waals surface area contributed by atoms with Crippen molar-refractivity contribution in [2.75, 3.05) is 6.61 Å². The molecule has 0 saturated heterocycles. The molecule has 1 rings (SSSR count). The number of carbonyl (C=O) groups is 1. The zero-order valence-corrected chi connectivity index (χ0v) is 8.07. The maximum atomic E-state index is 12.9. The molecular formula is C9H5F5O3. The summed E-state index contributed by atoms with van der Waals surface area (Å²) in [6, 6.07) is 0. The SMILES string of the molecule is O=C(CCO)Oc1c(F)c(F)c(F)c(F)c1F. The molecule has 0 unspecified atom stereocenters. The second kappa shape index (κ2) is 5.09. The number of aliphatic hydroxyl groups excluding tert-OH is 1. The highest BCUT2D eigenvalue weighted by molar-refractivity contribution is 5.72. The quantitative estimate of drug-likeness (QED) is 0.294. The molecule has 0 aliphatic rings. The van der Waals surface area contributed by atoms with Crippen LogP contribution in [0.3, 0.4) is 0 Å². The highest BCUT2D eigenvalue weighted by Crippen LogP contribution is 2.29. The third kappa shape index (κ3) is 2.52. The number of benzene rings is 1. The summed E-state index contributed by atoms with van der Waals surface area (Å²) in [5.41, 5.74) is 0. The average molecular weight is 256 g/mol. The number of aliphatic hydroxyl groups is 1. The highest BCUT2D eigenvalue weighted by Gasteiger charge is 2.28. The molecule has 17 heavy (non-hydrogen) atoms. The molecule has 0 aromatic heterocycles. The Balaban J connectivity index is 3.20.